The summed E-state index contributed by atoms with van der Waals surface area (Å²) in [7, 11) is 1.95. The molecule has 2 aromatic carbocycles. The van der Waals surface area contributed by atoms with Crippen LogP contribution in [-0.4, -0.2) is 34.9 Å². The number of benzene rings is 2. The Bertz CT molecular complexity index is 1740. The minimum absolute atomic E-state index is 0.113. The molecule has 1 amide bonds. The number of ether oxygens (including phenoxy) is 2. The minimum Gasteiger partial charge on any atom is -0.494 e. The second kappa shape index (κ2) is 13.1. The first-order valence-corrected chi connectivity index (χ1v) is 15.2. The summed E-state index contributed by atoms with van der Waals surface area (Å²) in [5, 5.41) is 8.40. The minimum atomic E-state index is -0.527. The molecule has 0 bridgehead atoms. The number of aromatic nitrogens is 2. The van der Waals surface area contributed by atoms with Crippen molar-refractivity contribution in [3.8, 4) is 16.9 Å². The average molecular weight is 616 g/mol. The largest absolute Gasteiger partial charge is 0.494 e. The highest BCUT2D eigenvalue weighted by Gasteiger charge is 2.29. The van der Waals surface area contributed by atoms with Gasteiger partial charge in [0.05, 0.1) is 25.5 Å². The Morgan fingerprint density at radius 1 is 1.07 bits per heavy atom. The lowest BCUT2D eigenvalue weighted by Gasteiger charge is -2.13. The molecule has 1 N–H and O–H groups in total. The molecule has 4 aromatic rings. The Morgan fingerprint density at radius 2 is 1.80 bits per heavy atom. The van der Waals surface area contributed by atoms with Crippen LogP contribution in [0.3, 0.4) is 0 Å². The van der Waals surface area contributed by atoms with Crippen LogP contribution < -0.4 is 10.1 Å². The second-order valence-electron chi connectivity index (χ2n) is 11.1. The highest BCUT2D eigenvalue weighted by Crippen LogP contribution is 2.42. The van der Waals surface area contributed by atoms with E-state index in [-0.39, 0.29) is 24.8 Å². The molecule has 0 fully saturated rings. The third-order valence-electron chi connectivity index (χ3n) is 8.08. The zero-order valence-electron chi connectivity index (χ0n) is 26.1. The number of nitrogens with one attached hydrogen (secondary N) is 1. The summed E-state index contributed by atoms with van der Waals surface area (Å²) in [6.07, 6.45) is 1.90. The summed E-state index contributed by atoms with van der Waals surface area (Å²) >= 11 is 6.33. The molecule has 8 nitrogen and oxygen atoms in total. The molecule has 0 radical (unpaired) electrons. The number of hydrogen-bond acceptors (Lipinski definition) is 6. The van der Waals surface area contributed by atoms with Gasteiger partial charge in [0.1, 0.15) is 11.5 Å². The molecule has 1 aliphatic rings. The van der Waals surface area contributed by atoms with E-state index in [1.165, 1.54) is 0 Å². The fraction of sp³-hybridized carbons (Fsp3) is 0.343. The molecular weight excluding hydrogens is 578 g/mol. The van der Waals surface area contributed by atoms with E-state index >= 15 is 0 Å². The zero-order chi connectivity index (χ0) is 31.5. The van der Waals surface area contributed by atoms with Crippen molar-refractivity contribution in [2.24, 2.45) is 7.05 Å². The number of rotatable bonds is 11. The van der Waals surface area contributed by atoms with Crippen molar-refractivity contribution in [3.63, 3.8) is 0 Å². The van der Waals surface area contributed by atoms with E-state index in [4.69, 9.17) is 25.5 Å². The molecule has 0 saturated heterocycles. The summed E-state index contributed by atoms with van der Waals surface area (Å²) in [6.45, 7) is 10.7. The van der Waals surface area contributed by atoms with Gasteiger partial charge in [0.15, 0.2) is 0 Å². The maximum atomic E-state index is 13.7. The number of furan rings is 1. The number of fused-ring (bicyclic) bond motifs is 1. The molecular formula is C35H38ClN3O5. The van der Waals surface area contributed by atoms with E-state index < -0.39 is 5.97 Å². The van der Waals surface area contributed by atoms with Gasteiger partial charge in [0.2, 0.25) is 11.7 Å². The smallest absolute Gasteiger partial charge is 0.374 e. The average Bonchev–Trinajstić information content (AvgIpc) is 3.68. The Hall–Kier alpha value is -4.30. The Kier molecular flexibility index (Phi) is 9.30. The first kappa shape index (κ1) is 31.1. The van der Waals surface area contributed by atoms with E-state index in [1.807, 2.05) is 44.6 Å². The van der Waals surface area contributed by atoms with Crippen LogP contribution in [0.4, 0.5) is 0 Å². The van der Waals surface area contributed by atoms with Crippen molar-refractivity contribution < 1.29 is 23.5 Å². The number of carbonyl (C=O) groups excluding carboxylic acids is 2. The lowest BCUT2D eigenvalue weighted by molar-refractivity contribution is -0.117. The molecule has 0 atom stereocenters. The molecule has 0 unspecified atom stereocenters. The van der Waals surface area contributed by atoms with Crippen LogP contribution in [0, 0.1) is 27.7 Å². The van der Waals surface area contributed by atoms with E-state index in [0.717, 1.165) is 73.1 Å². The van der Waals surface area contributed by atoms with Crippen molar-refractivity contribution >= 4 is 29.1 Å². The summed E-state index contributed by atoms with van der Waals surface area (Å²) in [6, 6.07) is 13.4. The fourth-order valence-corrected chi connectivity index (χ4v) is 6.00. The zero-order valence-corrected chi connectivity index (χ0v) is 26.9. The van der Waals surface area contributed by atoms with Crippen LogP contribution in [0.5, 0.6) is 5.75 Å². The van der Waals surface area contributed by atoms with Crippen LogP contribution in [0.15, 0.2) is 52.5 Å². The number of aryl methyl sites for hydroxylation is 4. The summed E-state index contributed by atoms with van der Waals surface area (Å²) in [4.78, 5) is 25.7. The molecule has 0 saturated carbocycles. The van der Waals surface area contributed by atoms with Crippen LogP contribution >= 0.6 is 11.6 Å². The quantitative estimate of drug-likeness (QED) is 0.141. The van der Waals surface area contributed by atoms with E-state index in [2.05, 4.69) is 35.5 Å². The maximum absolute atomic E-state index is 13.7. The van der Waals surface area contributed by atoms with E-state index in [0.29, 0.717) is 25.2 Å². The number of allylic oxidation sites excluding steroid dienone is 1. The van der Waals surface area contributed by atoms with Gasteiger partial charge in [-0.05, 0) is 105 Å². The number of esters is 1. The lowest BCUT2D eigenvalue weighted by atomic mass is 9.93. The fourth-order valence-electron chi connectivity index (χ4n) is 5.89. The van der Waals surface area contributed by atoms with Gasteiger partial charge in [-0.3, -0.25) is 9.48 Å². The number of halogens is 1. The van der Waals surface area contributed by atoms with Crippen molar-refractivity contribution in [1.82, 2.24) is 15.1 Å². The summed E-state index contributed by atoms with van der Waals surface area (Å²) < 4.78 is 18.6. The number of amides is 1. The molecule has 44 heavy (non-hydrogen) atoms. The molecule has 230 valence electrons. The van der Waals surface area contributed by atoms with Gasteiger partial charge in [-0.25, -0.2) is 4.79 Å². The van der Waals surface area contributed by atoms with Crippen molar-refractivity contribution in [2.75, 3.05) is 13.2 Å². The Morgan fingerprint density at radius 3 is 2.48 bits per heavy atom. The van der Waals surface area contributed by atoms with E-state index in [9.17, 15) is 9.59 Å². The maximum Gasteiger partial charge on any atom is 0.374 e. The molecule has 5 rings (SSSR count). The normalized spacial score (nSPS) is 12.4. The van der Waals surface area contributed by atoms with Crippen molar-refractivity contribution in [3.05, 3.63) is 98.2 Å². The standard InChI is InChI=1S/C35H38ClN3O5/c1-7-42-35(41)31-14-13-24(44-31)19-37-34(40)30-18-29-26(10-8-11-28(29)32-22(4)38-39(6)23(32)5)27(30)12-9-15-43-25-16-20(2)33(36)21(3)17-25/h8,10-11,13-14,16-17H,7,9,12,15,18-19H2,1-6H3,(H,37,40). The number of hydrogen-bond donors (Lipinski definition) is 1. The Labute approximate surface area is 263 Å². The van der Waals surface area contributed by atoms with Crippen LogP contribution in [-0.2, 0) is 29.5 Å². The monoisotopic (exact) mass is 615 g/mol. The van der Waals surface area contributed by atoms with Crippen molar-refractivity contribution in [2.45, 2.75) is 60.4 Å². The van der Waals surface area contributed by atoms with Gasteiger partial charge < -0.3 is 19.2 Å². The summed E-state index contributed by atoms with van der Waals surface area (Å²) in [5.41, 5.74) is 10.1. The van der Waals surface area contributed by atoms with Gasteiger partial charge in [-0.15, -0.1) is 0 Å². The SMILES string of the molecule is CCOC(=O)c1ccc(CNC(=O)C2=C(CCCOc3cc(C)c(Cl)c(C)c3)c3cccc(-c4c(C)nn(C)c4C)c3C2)o1. The Balaban J connectivity index is 1.38. The molecule has 2 aromatic heterocycles. The predicted molar refractivity (Wildman–Crippen MR) is 171 cm³/mol. The second-order valence-corrected chi connectivity index (χ2v) is 11.5. The lowest BCUT2D eigenvalue weighted by Crippen LogP contribution is -2.25. The first-order valence-electron chi connectivity index (χ1n) is 14.9. The highest BCUT2D eigenvalue weighted by molar-refractivity contribution is 6.32. The van der Waals surface area contributed by atoms with E-state index in [1.54, 1.807) is 19.1 Å². The topological polar surface area (TPSA) is 95.6 Å². The van der Waals surface area contributed by atoms with Gasteiger partial charge in [0.25, 0.3) is 0 Å². The molecule has 2 heterocycles. The predicted octanol–water partition coefficient (Wildman–Crippen LogP) is 7.23. The van der Waals surface area contributed by atoms with Gasteiger partial charge in [0, 0.05) is 35.3 Å². The third kappa shape index (κ3) is 6.31. The first-order chi connectivity index (χ1) is 21.1. The van der Waals surface area contributed by atoms with Gasteiger partial charge in [-0.1, -0.05) is 29.8 Å². The van der Waals surface area contributed by atoms with Crippen LogP contribution in [0.25, 0.3) is 16.7 Å². The number of nitrogens with zero attached hydrogens (tertiary/aromatic N) is 2. The number of carbonyl (C=O) groups is 2. The molecule has 0 spiro atoms. The van der Waals surface area contributed by atoms with Crippen LogP contribution in [0.2, 0.25) is 5.02 Å². The summed E-state index contributed by atoms with van der Waals surface area (Å²) in [5.74, 6) is 0.681. The van der Waals surface area contributed by atoms with Gasteiger partial charge >= 0.3 is 5.97 Å². The third-order valence-corrected chi connectivity index (χ3v) is 8.68. The molecule has 1 aliphatic carbocycles. The van der Waals surface area contributed by atoms with Crippen LogP contribution in [0.1, 0.15) is 69.7 Å². The highest BCUT2D eigenvalue weighted by atomic mass is 35.5. The van der Waals surface area contributed by atoms with Gasteiger partial charge in [-0.2, -0.15) is 5.10 Å². The van der Waals surface area contributed by atoms with Crippen molar-refractivity contribution in [1.29, 1.82) is 0 Å². The molecule has 0 aliphatic heterocycles. The molecule has 9 heteroatoms.